The minimum absolute atomic E-state index is 0.768. The van der Waals surface area contributed by atoms with Crippen molar-refractivity contribution < 1.29 is 4.42 Å². The van der Waals surface area contributed by atoms with Crippen LogP contribution in [0.15, 0.2) is 174 Å². The van der Waals surface area contributed by atoms with Gasteiger partial charge in [0.1, 0.15) is 19.0 Å². The number of fused-ring (bicyclic) bond motifs is 6. The molecule has 2 aromatic heterocycles. The molecule has 0 unspecified atom stereocenters. The molecule has 0 saturated carbocycles. The predicted molar refractivity (Wildman–Crippen MR) is 199 cm³/mol. The van der Waals surface area contributed by atoms with Gasteiger partial charge in [-0.3, -0.25) is 0 Å². The summed E-state index contributed by atoms with van der Waals surface area (Å²) in [6.45, 7) is 0. The Labute approximate surface area is 274 Å². The molecule has 7 aromatic carbocycles. The number of benzene rings is 7. The number of nitrogens with one attached hydrogen (secondary N) is 2. The van der Waals surface area contributed by atoms with Gasteiger partial charge in [-0.25, -0.2) is 0 Å². The van der Waals surface area contributed by atoms with Crippen LogP contribution in [0.1, 0.15) is 0 Å². The molecule has 0 aliphatic heterocycles. The monoisotopic (exact) mass is 603 g/mol. The summed E-state index contributed by atoms with van der Waals surface area (Å²) in [4.78, 5) is 0. The molecule has 4 nitrogen and oxygen atoms in total. The van der Waals surface area contributed by atoms with Gasteiger partial charge in [0.25, 0.3) is 0 Å². The van der Waals surface area contributed by atoms with E-state index in [0.717, 1.165) is 55.8 Å². The van der Waals surface area contributed by atoms with Crippen molar-refractivity contribution in [3.05, 3.63) is 170 Å². The van der Waals surface area contributed by atoms with Gasteiger partial charge >= 0.3 is 0 Å². The fraction of sp³-hybridized carbons (Fsp3) is 0. The second-order valence-corrected chi connectivity index (χ2v) is 11.4. The summed E-state index contributed by atoms with van der Waals surface area (Å²) in [5.41, 5.74) is 10.2. The van der Waals surface area contributed by atoms with Crippen molar-refractivity contribution in [1.29, 1.82) is 0 Å². The molecule has 0 atom stereocenters. The third-order valence-electron chi connectivity index (χ3n) is 8.35. The van der Waals surface area contributed by atoms with Gasteiger partial charge in [0, 0.05) is 38.6 Å². The van der Waals surface area contributed by atoms with Crippen molar-refractivity contribution in [2.45, 2.75) is 0 Å². The van der Waals surface area contributed by atoms with Gasteiger partial charge in [-0.1, -0.05) is 109 Å². The zero-order valence-electron chi connectivity index (χ0n) is 25.6. The summed E-state index contributed by atoms with van der Waals surface area (Å²) in [6.07, 6.45) is 0. The Hall–Kier alpha value is -6.20. The Kier molecular flexibility index (Phi) is 7.40. The zero-order valence-corrected chi connectivity index (χ0v) is 25.6. The van der Waals surface area contributed by atoms with Crippen LogP contribution in [0.2, 0.25) is 0 Å². The van der Waals surface area contributed by atoms with E-state index in [4.69, 9.17) is 12.3 Å². The maximum Gasteiger partial charge on any atom is 0.135 e. The van der Waals surface area contributed by atoms with Crippen LogP contribution in [0, 0.1) is 0 Å². The number of furan rings is 1. The van der Waals surface area contributed by atoms with Crippen molar-refractivity contribution in [3.8, 4) is 5.69 Å². The first-order valence-corrected chi connectivity index (χ1v) is 15.6. The van der Waals surface area contributed by atoms with Crippen LogP contribution in [0.5, 0.6) is 0 Å². The SMILES string of the molecule is [B]c1ccc2oc3ccccc3c2c1.c1ccc(Nc2ccc(-n3c4ccccc4c4ccccc43)cc2Nc2ccccc2)cc1. The van der Waals surface area contributed by atoms with E-state index in [1.807, 2.05) is 78.9 Å². The van der Waals surface area contributed by atoms with Crippen molar-refractivity contribution in [3.63, 3.8) is 0 Å². The maximum absolute atomic E-state index is 5.73. The lowest BCUT2D eigenvalue weighted by Crippen LogP contribution is -2.01. The molecule has 2 N–H and O–H groups in total. The number of hydrogen-bond donors (Lipinski definition) is 2. The van der Waals surface area contributed by atoms with E-state index < -0.39 is 0 Å². The Morgan fingerprint density at radius 3 is 1.62 bits per heavy atom. The second kappa shape index (κ2) is 12.3. The van der Waals surface area contributed by atoms with Crippen LogP contribution >= 0.6 is 0 Å². The number of anilines is 4. The van der Waals surface area contributed by atoms with Gasteiger partial charge in [0.15, 0.2) is 0 Å². The average Bonchev–Trinajstić information content (AvgIpc) is 3.66. The van der Waals surface area contributed by atoms with Gasteiger partial charge in [0.05, 0.1) is 22.4 Å². The van der Waals surface area contributed by atoms with E-state index in [2.05, 4.69) is 106 Å². The summed E-state index contributed by atoms with van der Waals surface area (Å²) >= 11 is 0. The van der Waals surface area contributed by atoms with E-state index in [1.54, 1.807) is 0 Å². The topological polar surface area (TPSA) is 42.1 Å². The molecule has 5 heteroatoms. The molecular weight excluding hydrogens is 573 g/mol. The van der Waals surface area contributed by atoms with E-state index in [9.17, 15) is 0 Å². The summed E-state index contributed by atoms with van der Waals surface area (Å²) in [6, 6.07) is 58.0. The van der Waals surface area contributed by atoms with Crippen LogP contribution in [0.4, 0.5) is 22.7 Å². The smallest absolute Gasteiger partial charge is 0.135 e. The highest BCUT2D eigenvalue weighted by Gasteiger charge is 2.13. The van der Waals surface area contributed by atoms with Crippen LogP contribution in [-0.4, -0.2) is 12.4 Å². The first-order chi connectivity index (χ1) is 23.2. The largest absolute Gasteiger partial charge is 0.456 e. The summed E-state index contributed by atoms with van der Waals surface area (Å²) in [7, 11) is 5.73. The first-order valence-electron chi connectivity index (χ1n) is 15.6. The van der Waals surface area contributed by atoms with Crippen molar-refractivity contribution >= 4 is 79.8 Å². The lowest BCUT2D eigenvalue weighted by Gasteiger charge is -2.17. The highest BCUT2D eigenvalue weighted by Crippen LogP contribution is 2.36. The molecule has 0 aliphatic carbocycles. The van der Waals surface area contributed by atoms with Gasteiger partial charge in [-0.2, -0.15) is 0 Å². The molecule has 2 radical (unpaired) electrons. The standard InChI is InChI=1S/C30H23N3.C12H7BO/c1-3-11-22(12-4-1)31-27-20-19-24(21-28(27)32-23-13-5-2-6-14-23)33-29-17-9-7-15-25(29)26-16-8-10-18-30(26)33;13-8-5-6-12-10(7-8)9-3-1-2-4-11(9)14-12/h1-21,31-32H;1-7H. The minimum Gasteiger partial charge on any atom is -0.456 e. The molecule has 222 valence electrons. The Morgan fingerprint density at radius 2 is 0.957 bits per heavy atom. The van der Waals surface area contributed by atoms with Crippen LogP contribution in [0.3, 0.4) is 0 Å². The normalized spacial score (nSPS) is 11.1. The number of hydrogen-bond acceptors (Lipinski definition) is 3. The fourth-order valence-electron chi connectivity index (χ4n) is 6.18. The van der Waals surface area contributed by atoms with Crippen LogP contribution < -0.4 is 16.1 Å². The van der Waals surface area contributed by atoms with Gasteiger partial charge in [0.2, 0.25) is 0 Å². The Bertz CT molecular complexity index is 2430. The molecule has 9 rings (SSSR count). The Balaban J connectivity index is 0.000000192. The van der Waals surface area contributed by atoms with E-state index >= 15 is 0 Å². The quantitative estimate of drug-likeness (QED) is 0.192. The number of para-hydroxylation sites is 5. The lowest BCUT2D eigenvalue weighted by atomic mass is 9.94. The summed E-state index contributed by atoms with van der Waals surface area (Å²) < 4.78 is 7.99. The van der Waals surface area contributed by atoms with Gasteiger partial charge in [-0.15, -0.1) is 0 Å². The lowest BCUT2D eigenvalue weighted by molar-refractivity contribution is 0.669. The Morgan fingerprint density at radius 1 is 0.426 bits per heavy atom. The number of rotatable bonds is 5. The van der Waals surface area contributed by atoms with E-state index in [-0.39, 0.29) is 0 Å². The average molecular weight is 604 g/mol. The molecule has 0 amide bonds. The summed E-state index contributed by atoms with van der Waals surface area (Å²) in [5.74, 6) is 0. The molecule has 9 aromatic rings. The fourth-order valence-corrected chi connectivity index (χ4v) is 6.18. The summed E-state index contributed by atoms with van der Waals surface area (Å²) in [5, 5.41) is 11.9. The molecule has 0 aliphatic rings. The minimum atomic E-state index is 0.768. The van der Waals surface area contributed by atoms with Crippen molar-refractivity contribution in [2.24, 2.45) is 0 Å². The van der Waals surface area contributed by atoms with Crippen molar-refractivity contribution in [2.75, 3.05) is 10.6 Å². The van der Waals surface area contributed by atoms with E-state index in [0.29, 0.717) is 0 Å². The number of nitrogens with zero attached hydrogens (tertiary/aromatic N) is 1. The molecule has 0 saturated heterocycles. The van der Waals surface area contributed by atoms with Crippen LogP contribution in [0.25, 0.3) is 49.4 Å². The molecule has 0 bridgehead atoms. The van der Waals surface area contributed by atoms with Crippen LogP contribution in [-0.2, 0) is 0 Å². The molecule has 47 heavy (non-hydrogen) atoms. The van der Waals surface area contributed by atoms with Gasteiger partial charge in [-0.05, 0) is 66.7 Å². The van der Waals surface area contributed by atoms with E-state index in [1.165, 1.54) is 21.8 Å². The molecular formula is C42H30BN3O. The zero-order chi connectivity index (χ0) is 31.6. The second-order valence-electron chi connectivity index (χ2n) is 11.4. The molecule has 0 spiro atoms. The third-order valence-corrected chi connectivity index (χ3v) is 8.35. The molecule has 2 heterocycles. The number of aromatic nitrogens is 1. The first kappa shape index (κ1) is 28.3. The highest BCUT2D eigenvalue weighted by molar-refractivity contribution is 6.33. The third kappa shape index (κ3) is 5.60. The van der Waals surface area contributed by atoms with Crippen molar-refractivity contribution in [1.82, 2.24) is 4.57 Å². The molecule has 0 fully saturated rings. The predicted octanol–water partition coefficient (Wildman–Crippen LogP) is 10.7. The van der Waals surface area contributed by atoms with Gasteiger partial charge < -0.3 is 19.6 Å². The maximum atomic E-state index is 5.73. The highest BCUT2D eigenvalue weighted by atomic mass is 16.3.